The normalized spacial score (nSPS) is 11.3. The van der Waals surface area contributed by atoms with Crippen molar-refractivity contribution in [2.75, 3.05) is 5.88 Å². The zero-order chi connectivity index (χ0) is 13.8. The molecule has 1 aromatic heterocycles. The van der Waals surface area contributed by atoms with Gasteiger partial charge in [-0.05, 0) is 18.9 Å². The third-order valence-corrected chi connectivity index (χ3v) is 4.53. The number of amides is 1. The minimum atomic E-state index is -0.504. The summed E-state index contributed by atoms with van der Waals surface area (Å²) in [6.07, 6.45) is 1.43. The van der Waals surface area contributed by atoms with Crippen molar-refractivity contribution >= 4 is 33.8 Å². The molecular weight excluding hydrogens is 276 g/mol. The topological polar surface area (TPSA) is 72.2 Å². The summed E-state index contributed by atoms with van der Waals surface area (Å²) in [5.74, 6) is 0.0107. The highest BCUT2D eigenvalue weighted by Gasteiger charge is 2.28. The van der Waals surface area contributed by atoms with E-state index in [1.165, 1.54) is 12.1 Å². The van der Waals surface area contributed by atoms with Crippen LogP contribution in [0.5, 0.6) is 0 Å². The lowest BCUT2D eigenvalue weighted by molar-refractivity contribution is -0.380. The lowest BCUT2D eigenvalue weighted by Crippen LogP contribution is -2.49. The Kier molecular flexibility index (Phi) is 5.10. The molecule has 0 aliphatic heterocycles. The fourth-order valence-corrected chi connectivity index (χ4v) is 2.66. The summed E-state index contributed by atoms with van der Waals surface area (Å²) in [6, 6.07) is 2.79. The molecule has 1 rings (SSSR count). The van der Waals surface area contributed by atoms with Crippen molar-refractivity contribution in [3.8, 4) is 0 Å². The van der Waals surface area contributed by atoms with E-state index < -0.39 is 10.5 Å². The number of nitrogens with one attached hydrogen (secondary N) is 1. The second-order valence-electron chi connectivity index (χ2n) is 3.97. The van der Waals surface area contributed by atoms with Gasteiger partial charge in [0.05, 0.1) is 15.3 Å². The monoisotopic (exact) mass is 290 g/mol. The molecule has 0 aliphatic rings. The van der Waals surface area contributed by atoms with E-state index in [0.717, 1.165) is 11.3 Å². The highest BCUT2D eigenvalue weighted by Crippen LogP contribution is 2.25. The molecule has 0 spiro atoms. The summed E-state index contributed by atoms with van der Waals surface area (Å²) in [6.45, 7) is 3.89. The molecular formula is C11H15ClN2O3S. The second-order valence-corrected chi connectivity index (χ2v) is 5.30. The van der Waals surface area contributed by atoms with Crippen molar-refractivity contribution in [2.24, 2.45) is 0 Å². The number of nitro groups is 1. The van der Waals surface area contributed by atoms with Gasteiger partial charge in [-0.1, -0.05) is 25.2 Å². The number of alkyl halides is 1. The molecule has 1 aromatic rings. The van der Waals surface area contributed by atoms with Crippen molar-refractivity contribution < 1.29 is 9.72 Å². The molecule has 100 valence electrons. The Balaban J connectivity index is 2.84. The average Bonchev–Trinajstić information content (AvgIpc) is 2.86. The molecule has 0 bridgehead atoms. The van der Waals surface area contributed by atoms with E-state index in [9.17, 15) is 14.9 Å². The third-order valence-electron chi connectivity index (χ3n) is 2.98. The van der Waals surface area contributed by atoms with E-state index in [4.69, 9.17) is 11.6 Å². The third kappa shape index (κ3) is 3.20. The molecule has 18 heavy (non-hydrogen) atoms. The molecule has 1 heterocycles. The maximum atomic E-state index is 12.0. The van der Waals surface area contributed by atoms with Crippen LogP contribution in [0, 0.1) is 10.1 Å². The van der Waals surface area contributed by atoms with E-state index in [2.05, 4.69) is 5.32 Å². The number of nitrogens with zero attached hydrogens (tertiary/aromatic N) is 1. The average molecular weight is 291 g/mol. The number of thiophene rings is 1. The summed E-state index contributed by atoms with van der Waals surface area (Å²) >= 11 is 6.76. The Labute approximate surface area is 114 Å². The molecule has 0 saturated heterocycles. The van der Waals surface area contributed by atoms with E-state index in [1.54, 1.807) is 0 Å². The molecule has 1 amide bonds. The van der Waals surface area contributed by atoms with Crippen LogP contribution in [0.15, 0.2) is 12.1 Å². The Morgan fingerprint density at radius 1 is 1.50 bits per heavy atom. The van der Waals surface area contributed by atoms with Crippen LogP contribution < -0.4 is 5.32 Å². The largest absolute Gasteiger partial charge is 0.345 e. The van der Waals surface area contributed by atoms with Crippen LogP contribution in [0.1, 0.15) is 36.4 Å². The van der Waals surface area contributed by atoms with Crippen molar-refractivity contribution in [1.82, 2.24) is 5.32 Å². The van der Waals surface area contributed by atoms with Gasteiger partial charge in [-0.3, -0.25) is 14.9 Å². The first kappa shape index (κ1) is 14.9. The molecule has 0 unspecified atom stereocenters. The van der Waals surface area contributed by atoms with Gasteiger partial charge in [0.25, 0.3) is 5.91 Å². The van der Waals surface area contributed by atoms with Crippen LogP contribution in [0.25, 0.3) is 0 Å². The Morgan fingerprint density at radius 2 is 2.11 bits per heavy atom. The first-order valence-electron chi connectivity index (χ1n) is 5.60. The summed E-state index contributed by atoms with van der Waals surface area (Å²) in [7, 11) is 0. The molecule has 7 heteroatoms. The van der Waals surface area contributed by atoms with Crippen molar-refractivity contribution in [2.45, 2.75) is 32.2 Å². The molecule has 0 saturated carbocycles. The molecule has 1 N–H and O–H groups in total. The smallest absolute Gasteiger partial charge is 0.324 e. The molecule has 0 fully saturated rings. The van der Waals surface area contributed by atoms with Crippen LogP contribution in [-0.2, 0) is 0 Å². The summed E-state index contributed by atoms with van der Waals surface area (Å²) in [5, 5.41) is 13.4. The number of hydrogen-bond acceptors (Lipinski definition) is 4. The van der Waals surface area contributed by atoms with Crippen molar-refractivity contribution in [3.63, 3.8) is 0 Å². The van der Waals surface area contributed by atoms with Gasteiger partial charge in [-0.2, -0.15) is 0 Å². The lowest BCUT2D eigenvalue weighted by Gasteiger charge is -2.30. The maximum absolute atomic E-state index is 12.0. The minimum absolute atomic E-state index is 0.0374. The number of carbonyl (C=O) groups is 1. The fourth-order valence-electron chi connectivity index (χ4n) is 1.50. The van der Waals surface area contributed by atoms with Gasteiger partial charge in [0.2, 0.25) is 0 Å². The maximum Gasteiger partial charge on any atom is 0.324 e. The summed E-state index contributed by atoms with van der Waals surface area (Å²) in [5.41, 5.74) is -0.447. The molecule has 0 aliphatic carbocycles. The van der Waals surface area contributed by atoms with Gasteiger partial charge < -0.3 is 5.32 Å². The summed E-state index contributed by atoms with van der Waals surface area (Å²) in [4.78, 5) is 22.4. The SMILES string of the molecule is CCC(CC)(CCl)NC(=O)c1ccc([N+](=O)[O-])s1. The van der Waals surface area contributed by atoms with Crippen LogP contribution in [0.3, 0.4) is 0 Å². The number of halogens is 1. The molecule has 0 aromatic carbocycles. The predicted octanol–water partition coefficient (Wildman–Crippen LogP) is 3.18. The Morgan fingerprint density at radius 3 is 2.50 bits per heavy atom. The zero-order valence-corrected chi connectivity index (χ0v) is 11.8. The highest BCUT2D eigenvalue weighted by molar-refractivity contribution is 7.17. The van der Waals surface area contributed by atoms with Gasteiger partial charge in [-0.25, -0.2) is 0 Å². The quantitative estimate of drug-likeness (QED) is 0.497. The van der Waals surface area contributed by atoms with Gasteiger partial charge in [0.1, 0.15) is 0 Å². The van der Waals surface area contributed by atoms with E-state index in [0.29, 0.717) is 23.6 Å². The van der Waals surface area contributed by atoms with E-state index >= 15 is 0 Å². The minimum Gasteiger partial charge on any atom is -0.345 e. The lowest BCUT2D eigenvalue weighted by atomic mass is 9.95. The van der Waals surface area contributed by atoms with E-state index in [-0.39, 0.29) is 10.9 Å². The number of rotatable bonds is 6. The molecule has 0 radical (unpaired) electrons. The standard InChI is InChI=1S/C11H15ClN2O3S/c1-3-11(4-2,7-12)13-10(15)8-5-6-9(18-8)14(16)17/h5-6H,3-4,7H2,1-2H3,(H,13,15). The van der Waals surface area contributed by atoms with Gasteiger partial charge in [0, 0.05) is 11.9 Å². The number of carbonyl (C=O) groups excluding carboxylic acids is 1. The van der Waals surface area contributed by atoms with Gasteiger partial charge in [0.15, 0.2) is 0 Å². The van der Waals surface area contributed by atoms with Crippen molar-refractivity contribution in [3.05, 3.63) is 27.1 Å². The van der Waals surface area contributed by atoms with Crippen LogP contribution in [0.2, 0.25) is 0 Å². The highest BCUT2D eigenvalue weighted by atomic mass is 35.5. The van der Waals surface area contributed by atoms with Crippen LogP contribution in [-0.4, -0.2) is 22.2 Å². The van der Waals surface area contributed by atoms with E-state index in [1.807, 2.05) is 13.8 Å². The molecule has 5 nitrogen and oxygen atoms in total. The van der Waals surface area contributed by atoms with Gasteiger partial charge in [-0.15, -0.1) is 11.6 Å². The second kappa shape index (κ2) is 6.15. The first-order chi connectivity index (χ1) is 8.48. The first-order valence-corrected chi connectivity index (χ1v) is 6.95. The van der Waals surface area contributed by atoms with Gasteiger partial charge >= 0.3 is 5.00 Å². The van der Waals surface area contributed by atoms with Crippen LogP contribution >= 0.6 is 22.9 Å². The Hall–Kier alpha value is -1.14. The Bertz CT molecular complexity index is 435. The van der Waals surface area contributed by atoms with Crippen molar-refractivity contribution in [1.29, 1.82) is 0 Å². The van der Waals surface area contributed by atoms with Crippen LogP contribution in [0.4, 0.5) is 5.00 Å². The summed E-state index contributed by atoms with van der Waals surface area (Å²) < 4.78 is 0. The predicted molar refractivity (Wildman–Crippen MR) is 72.5 cm³/mol. The molecule has 0 atom stereocenters. The number of hydrogen-bond donors (Lipinski definition) is 1. The fraction of sp³-hybridized carbons (Fsp3) is 0.545. The zero-order valence-electron chi connectivity index (χ0n) is 10.2.